The van der Waals surface area contributed by atoms with Crippen molar-refractivity contribution in [2.24, 2.45) is 0 Å². The summed E-state index contributed by atoms with van der Waals surface area (Å²) in [5.74, 6) is -1.49. The fourth-order valence-electron chi connectivity index (χ4n) is 1.80. The van der Waals surface area contributed by atoms with Gasteiger partial charge >= 0.3 is 19.5 Å². The third-order valence-corrected chi connectivity index (χ3v) is 4.57. The lowest BCUT2D eigenvalue weighted by atomic mass is 10.2. The van der Waals surface area contributed by atoms with Crippen LogP contribution in [0.3, 0.4) is 0 Å². The highest BCUT2D eigenvalue weighted by molar-refractivity contribution is 7.52. The van der Waals surface area contributed by atoms with E-state index in [1.807, 2.05) is 0 Å². The first-order valence-corrected chi connectivity index (χ1v) is 10.1. The smallest absolute Gasteiger partial charge is 0.328 e. The second kappa shape index (κ2) is 12.7. The van der Waals surface area contributed by atoms with E-state index in [4.69, 9.17) is 14.0 Å². The molecule has 1 N–H and O–H groups in total. The van der Waals surface area contributed by atoms with Crippen LogP contribution >= 0.6 is 7.60 Å². The van der Waals surface area contributed by atoms with Crippen LogP contribution in [0.1, 0.15) is 52.9 Å². The molecule has 1 unspecified atom stereocenters. The van der Waals surface area contributed by atoms with Crippen LogP contribution in [0.25, 0.3) is 0 Å². The molecular formula is C16H27O9P. The summed E-state index contributed by atoms with van der Waals surface area (Å²) in [7, 11) is -3.93. The number of rotatable bonds is 14. The Balaban J connectivity index is 4.48. The van der Waals surface area contributed by atoms with Gasteiger partial charge in [0.05, 0.1) is 19.2 Å². The summed E-state index contributed by atoms with van der Waals surface area (Å²) in [6, 6.07) is 0. The molecule has 0 heterocycles. The van der Waals surface area contributed by atoms with E-state index in [2.05, 4.69) is 0 Å². The molecule has 26 heavy (non-hydrogen) atoms. The summed E-state index contributed by atoms with van der Waals surface area (Å²) in [4.78, 5) is 54.1. The lowest BCUT2D eigenvalue weighted by Crippen LogP contribution is -2.29. The maximum atomic E-state index is 12.0. The summed E-state index contributed by atoms with van der Waals surface area (Å²) in [5.41, 5.74) is 0. The number of carbonyl (C=O) groups excluding carboxylic acids is 4. The van der Waals surface area contributed by atoms with Gasteiger partial charge in [0.1, 0.15) is 18.2 Å². The van der Waals surface area contributed by atoms with Crippen LogP contribution in [0.2, 0.25) is 0 Å². The number of esters is 2. The molecule has 0 aliphatic rings. The molecule has 0 spiro atoms. The molecule has 0 aliphatic carbocycles. The number of carbonyl (C=O) groups is 4. The Hall–Kier alpha value is -1.57. The lowest BCUT2D eigenvalue weighted by molar-refractivity contribution is -0.160. The van der Waals surface area contributed by atoms with Crippen molar-refractivity contribution in [1.82, 2.24) is 0 Å². The Kier molecular flexibility index (Phi) is 12.0. The van der Waals surface area contributed by atoms with Gasteiger partial charge in [-0.05, 0) is 26.7 Å². The van der Waals surface area contributed by atoms with E-state index in [1.165, 1.54) is 20.8 Å². The highest BCUT2D eigenvalue weighted by Gasteiger charge is 2.24. The summed E-state index contributed by atoms with van der Waals surface area (Å²) in [5, 5.41) is 0. The standard InChI is InChI=1S/C16H27O9P/c1-12(17)6-4-5-9-26(21,22)24-11-15(10-23-14(3)19)25-16(20)8-7-13(2)18/h15H,4-11H2,1-3H3,(H,21,22)/t15-/m1/s1. The van der Waals surface area contributed by atoms with Crippen LogP contribution in [0.5, 0.6) is 0 Å². The van der Waals surface area contributed by atoms with Crippen molar-refractivity contribution < 1.29 is 42.6 Å². The SMILES string of the molecule is CC(=O)CCCCP(=O)(O)OC[C@@H](COC(C)=O)OC(=O)CCC(C)=O. The second-order valence-corrected chi connectivity index (χ2v) is 7.91. The van der Waals surface area contributed by atoms with Crippen LogP contribution in [-0.4, -0.2) is 53.9 Å². The van der Waals surface area contributed by atoms with Gasteiger partial charge in [-0.1, -0.05) is 0 Å². The first kappa shape index (κ1) is 24.4. The Labute approximate surface area is 152 Å². The first-order valence-electron chi connectivity index (χ1n) is 8.30. The summed E-state index contributed by atoms with van der Waals surface area (Å²) in [6.45, 7) is 3.18. The fraction of sp³-hybridized carbons (Fsp3) is 0.750. The van der Waals surface area contributed by atoms with E-state index < -0.39 is 32.2 Å². The third-order valence-electron chi connectivity index (χ3n) is 3.13. The molecule has 0 aromatic rings. The number of ketones is 2. The predicted octanol–water partition coefficient (Wildman–Crippen LogP) is 1.79. The first-order chi connectivity index (χ1) is 12.0. The molecule has 0 saturated heterocycles. The Morgan fingerprint density at radius 1 is 0.923 bits per heavy atom. The van der Waals surface area contributed by atoms with Gasteiger partial charge in [-0.15, -0.1) is 0 Å². The molecular weight excluding hydrogens is 367 g/mol. The Bertz CT molecular complexity index is 544. The highest BCUT2D eigenvalue weighted by atomic mass is 31.2. The molecule has 0 saturated carbocycles. The maximum Gasteiger partial charge on any atom is 0.328 e. The molecule has 0 aromatic heterocycles. The van der Waals surface area contributed by atoms with Crippen molar-refractivity contribution >= 4 is 31.1 Å². The topological polar surface area (TPSA) is 133 Å². The van der Waals surface area contributed by atoms with Crippen molar-refractivity contribution in [2.75, 3.05) is 19.4 Å². The zero-order valence-corrected chi connectivity index (χ0v) is 16.3. The number of hydrogen-bond acceptors (Lipinski definition) is 8. The molecule has 0 fully saturated rings. The van der Waals surface area contributed by atoms with Crippen LogP contribution in [0, 0.1) is 0 Å². The molecule has 2 atom stereocenters. The largest absolute Gasteiger partial charge is 0.462 e. The third kappa shape index (κ3) is 14.7. The normalized spacial score (nSPS) is 14.2. The van der Waals surface area contributed by atoms with E-state index in [0.717, 1.165) is 0 Å². The predicted molar refractivity (Wildman–Crippen MR) is 91.6 cm³/mol. The van der Waals surface area contributed by atoms with Gasteiger partial charge in [0.2, 0.25) is 0 Å². The van der Waals surface area contributed by atoms with Gasteiger partial charge in [0.15, 0.2) is 6.10 Å². The average molecular weight is 394 g/mol. The molecule has 0 bridgehead atoms. The summed E-state index contributed by atoms with van der Waals surface area (Å²) >= 11 is 0. The van der Waals surface area contributed by atoms with Crippen LogP contribution < -0.4 is 0 Å². The van der Waals surface area contributed by atoms with Gasteiger partial charge in [0.25, 0.3) is 0 Å². The quantitative estimate of drug-likeness (QED) is 0.266. The molecule has 0 aliphatic heterocycles. The van der Waals surface area contributed by atoms with Crippen molar-refractivity contribution in [3.8, 4) is 0 Å². The number of ether oxygens (including phenoxy) is 2. The fourth-order valence-corrected chi connectivity index (χ4v) is 2.95. The van der Waals surface area contributed by atoms with Crippen LogP contribution in [0.4, 0.5) is 0 Å². The van der Waals surface area contributed by atoms with Gasteiger partial charge in [0, 0.05) is 19.8 Å². The minimum atomic E-state index is -3.93. The highest BCUT2D eigenvalue weighted by Crippen LogP contribution is 2.43. The number of hydrogen-bond donors (Lipinski definition) is 1. The molecule has 0 aromatic carbocycles. The zero-order valence-electron chi connectivity index (χ0n) is 15.4. The molecule has 9 nitrogen and oxygen atoms in total. The van der Waals surface area contributed by atoms with Gasteiger partial charge in [-0.25, -0.2) is 0 Å². The molecule has 0 amide bonds. The van der Waals surface area contributed by atoms with Crippen molar-refractivity contribution in [3.63, 3.8) is 0 Å². The monoisotopic (exact) mass is 394 g/mol. The zero-order chi connectivity index (χ0) is 20.2. The van der Waals surface area contributed by atoms with E-state index in [9.17, 15) is 28.6 Å². The van der Waals surface area contributed by atoms with Crippen molar-refractivity contribution in [1.29, 1.82) is 0 Å². The molecule has 0 radical (unpaired) electrons. The van der Waals surface area contributed by atoms with Crippen molar-refractivity contribution in [2.45, 2.75) is 59.0 Å². The van der Waals surface area contributed by atoms with E-state index in [0.29, 0.717) is 19.3 Å². The van der Waals surface area contributed by atoms with Crippen molar-refractivity contribution in [3.05, 3.63) is 0 Å². The van der Waals surface area contributed by atoms with Crippen LogP contribution in [0.15, 0.2) is 0 Å². The van der Waals surface area contributed by atoms with E-state index in [-0.39, 0.29) is 37.2 Å². The maximum absolute atomic E-state index is 12.0. The van der Waals surface area contributed by atoms with Crippen LogP contribution in [-0.2, 0) is 37.7 Å². The van der Waals surface area contributed by atoms with Gasteiger partial charge < -0.3 is 28.5 Å². The van der Waals surface area contributed by atoms with E-state index >= 15 is 0 Å². The summed E-state index contributed by atoms with van der Waals surface area (Å²) in [6.07, 6.45) is -0.207. The number of unbranched alkanes of at least 4 members (excludes halogenated alkanes) is 1. The summed E-state index contributed by atoms with van der Waals surface area (Å²) < 4.78 is 26.7. The molecule has 0 rings (SSSR count). The van der Waals surface area contributed by atoms with Gasteiger partial charge in [-0.2, -0.15) is 0 Å². The second-order valence-electron chi connectivity index (χ2n) is 5.93. The van der Waals surface area contributed by atoms with E-state index in [1.54, 1.807) is 0 Å². The Morgan fingerprint density at radius 3 is 2.08 bits per heavy atom. The Morgan fingerprint density at radius 2 is 1.54 bits per heavy atom. The van der Waals surface area contributed by atoms with Gasteiger partial charge in [-0.3, -0.25) is 14.2 Å². The minimum absolute atomic E-state index is 0.00221. The minimum Gasteiger partial charge on any atom is -0.462 e. The molecule has 10 heteroatoms. The lowest BCUT2D eigenvalue weighted by Gasteiger charge is -2.19. The molecule has 150 valence electrons. The number of Topliss-reactive ketones (excluding diaryl/α,β-unsaturated/α-hetero) is 2. The average Bonchev–Trinajstić information content (AvgIpc) is 2.52.